The predicted octanol–water partition coefficient (Wildman–Crippen LogP) is 4.14. The Balaban J connectivity index is 1.52. The highest BCUT2D eigenvalue weighted by Crippen LogP contribution is 2.24. The zero-order valence-corrected chi connectivity index (χ0v) is 15.9. The molecule has 0 amide bonds. The molecule has 1 atom stereocenters. The quantitative estimate of drug-likeness (QED) is 0.644. The summed E-state index contributed by atoms with van der Waals surface area (Å²) < 4.78 is 29.4. The number of rotatable bonds is 6. The van der Waals surface area contributed by atoms with Crippen molar-refractivity contribution in [2.24, 2.45) is 0 Å². The van der Waals surface area contributed by atoms with Crippen molar-refractivity contribution >= 4 is 9.84 Å². The third-order valence-corrected chi connectivity index (χ3v) is 6.86. The zero-order chi connectivity index (χ0) is 18.7. The van der Waals surface area contributed by atoms with Gasteiger partial charge in [0.15, 0.2) is 9.84 Å². The molecule has 3 aromatic rings. The largest absolute Gasteiger partial charge is 0.468 e. The SMILES string of the molecule is O=S1(=O)CCC(N(Cc2ccc(-c3ccccc3)cc2)Cc2ccco2)C1. The summed E-state index contributed by atoms with van der Waals surface area (Å²) in [5, 5.41) is 0. The summed E-state index contributed by atoms with van der Waals surface area (Å²) in [5.41, 5.74) is 3.55. The molecular formula is C22H23NO3S. The smallest absolute Gasteiger partial charge is 0.151 e. The normalized spacial score (nSPS) is 18.8. The molecule has 1 fully saturated rings. The minimum atomic E-state index is -2.93. The fraction of sp³-hybridized carbons (Fsp3) is 0.273. The molecule has 2 heterocycles. The molecule has 1 aromatic heterocycles. The van der Waals surface area contributed by atoms with Gasteiger partial charge in [-0.2, -0.15) is 0 Å². The minimum absolute atomic E-state index is 0.0360. The first-order valence-electron chi connectivity index (χ1n) is 9.20. The maximum absolute atomic E-state index is 12.0. The van der Waals surface area contributed by atoms with Crippen LogP contribution in [0.3, 0.4) is 0 Å². The van der Waals surface area contributed by atoms with Crippen LogP contribution in [-0.4, -0.2) is 30.9 Å². The maximum atomic E-state index is 12.0. The van der Waals surface area contributed by atoms with Crippen molar-refractivity contribution < 1.29 is 12.8 Å². The molecule has 2 aromatic carbocycles. The van der Waals surface area contributed by atoms with E-state index >= 15 is 0 Å². The molecule has 0 saturated carbocycles. The average molecular weight is 381 g/mol. The predicted molar refractivity (Wildman–Crippen MR) is 107 cm³/mol. The summed E-state index contributed by atoms with van der Waals surface area (Å²) in [5.74, 6) is 1.37. The minimum Gasteiger partial charge on any atom is -0.468 e. The van der Waals surface area contributed by atoms with Crippen LogP contribution in [0.5, 0.6) is 0 Å². The van der Waals surface area contributed by atoms with Gasteiger partial charge in [0.05, 0.1) is 24.3 Å². The molecule has 27 heavy (non-hydrogen) atoms. The van der Waals surface area contributed by atoms with E-state index in [2.05, 4.69) is 41.3 Å². The molecule has 0 bridgehead atoms. The van der Waals surface area contributed by atoms with Gasteiger partial charge < -0.3 is 4.42 Å². The molecular weight excluding hydrogens is 358 g/mol. The van der Waals surface area contributed by atoms with E-state index < -0.39 is 9.84 Å². The molecule has 1 aliphatic rings. The number of benzene rings is 2. The lowest BCUT2D eigenvalue weighted by Gasteiger charge is -2.27. The number of hydrogen-bond donors (Lipinski definition) is 0. The lowest BCUT2D eigenvalue weighted by atomic mass is 10.0. The first kappa shape index (κ1) is 18.0. The lowest BCUT2D eigenvalue weighted by Crippen LogP contribution is -2.35. The van der Waals surface area contributed by atoms with Gasteiger partial charge in [-0.05, 0) is 35.2 Å². The van der Waals surface area contributed by atoms with Crippen LogP contribution in [0, 0.1) is 0 Å². The van der Waals surface area contributed by atoms with Gasteiger partial charge in [-0.1, -0.05) is 54.6 Å². The Morgan fingerprint density at radius 2 is 1.63 bits per heavy atom. The summed E-state index contributed by atoms with van der Waals surface area (Å²) in [6, 6.07) is 22.6. The Morgan fingerprint density at radius 3 is 2.26 bits per heavy atom. The fourth-order valence-corrected chi connectivity index (χ4v) is 5.41. The summed E-state index contributed by atoms with van der Waals surface area (Å²) in [6.07, 6.45) is 2.35. The van der Waals surface area contributed by atoms with Crippen molar-refractivity contribution in [1.29, 1.82) is 0 Å². The third-order valence-electron chi connectivity index (χ3n) is 5.11. The highest BCUT2D eigenvalue weighted by Gasteiger charge is 2.32. The molecule has 5 heteroatoms. The van der Waals surface area contributed by atoms with Crippen LogP contribution < -0.4 is 0 Å². The van der Waals surface area contributed by atoms with E-state index in [1.54, 1.807) is 6.26 Å². The van der Waals surface area contributed by atoms with E-state index in [9.17, 15) is 8.42 Å². The fourth-order valence-electron chi connectivity index (χ4n) is 3.65. The van der Waals surface area contributed by atoms with Gasteiger partial charge in [0.1, 0.15) is 5.76 Å². The van der Waals surface area contributed by atoms with Gasteiger partial charge in [0.2, 0.25) is 0 Å². The van der Waals surface area contributed by atoms with Crippen LogP contribution in [0.15, 0.2) is 77.4 Å². The molecule has 0 spiro atoms. The van der Waals surface area contributed by atoms with Crippen LogP contribution >= 0.6 is 0 Å². The molecule has 1 unspecified atom stereocenters. The molecule has 0 radical (unpaired) electrons. The van der Waals surface area contributed by atoms with Crippen LogP contribution in [0.25, 0.3) is 11.1 Å². The van der Waals surface area contributed by atoms with E-state index in [0.717, 1.165) is 5.76 Å². The van der Waals surface area contributed by atoms with Crippen molar-refractivity contribution in [3.8, 4) is 11.1 Å². The first-order valence-corrected chi connectivity index (χ1v) is 11.0. The number of furan rings is 1. The van der Waals surface area contributed by atoms with Gasteiger partial charge >= 0.3 is 0 Å². The third kappa shape index (κ3) is 4.49. The van der Waals surface area contributed by atoms with Crippen LogP contribution in [0.4, 0.5) is 0 Å². The second-order valence-electron chi connectivity index (χ2n) is 7.10. The number of hydrogen-bond acceptors (Lipinski definition) is 4. The molecule has 0 N–H and O–H groups in total. The standard InChI is InChI=1S/C22H23NO3S/c24-27(25)14-12-21(17-27)23(16-22-7-4-13-26-22)15-18-8-10-20(11-9-18)19-5-2-1-3-6-19/h1-11,13,21H,12,14-17H2. The van der Waals surface area contributed by atoms with Gasteiger partial charge in [0, 0.05) is 12.6 Å². The summed E-state index contributed by atoms with van der Waals surface area (Å²) in [4.78, 5) is 2.22. The van der Waals surface area contributed by atoms with Gasteiger partial charge in [-0.15, -0.1) is 0 Å². The summed E-state index contributed by atoms with van der Waals surface area (Å²) in [6.45, 7) is 1.32. The first-order chi connectivity index (χ1) is 13.1. The molecule has 0 aliphatic carbocycles. The van der Waals surface area contributed by atoms with E-state index in [0.29, 0.717) is 19.5 Å². The lowest BCUT2D eigenvalue weighted by molar-refractivity contribution is 0.179. The topological polar surface area (TPSA) is 50.5 Å². The van der Waals surface area contributed by atoms with Gasteiger partial charge in [0.25, 0.3) is 0 Å². The molecule has 1 aliphatic heterocycles. The molecule has 4 nitrogen and oxygen atoms in total. The second-order valence-corrected chi connectivity index (χ2v) is 9.33. The Morgan fingerprint density at radius 1 is 0.889 bits per heavy atom. The average Bonchev–Trinajstić information content (AvgIpc) is 3.32. The molecule has 140 valence electrons. The Bertz CT molecular complexity index is 964. The highest BCUT2D eigenvalue weighted by molar-refractivity contribution is 7.91. The van der Waals surface area contributed by atoms with Crippen LogP contribution in [0.2, 0.25) is 0 Å². The highest BCUT2D eigenvalue weighted by atomic mass is 32.2. The van der Waals surface area contributed by atoms with E-state index in [4.69, 9.17) is 4.42 Å². The van der Waals surface area contributed by atoms with Crippen molar-refractivity contribution in [1.82, 2.24) is 4.90 Å². The molecule has 1 saturated heterocycles. The Kier molecular flexibility index (Phi) is 5.14. The van der Waals surface area contributed by atoms with E-state index in [-0.39, 0.29) is 17.5 Å². The summed E-state index contributed by atoms with van der Waals surface area (Å²) >= 11 is 0. The zero-order valence-electron chi connectivity index (χ0n) is 15.1. The summed E-state index contributed by atoms with van der Waals surface area (Å²) in [7, 11) is -2.93. The van der Waals surface area contributed by atoms with Crippen molar-refractivity contribution in [3.05, 3.63) is 84.3 Å². The Hall–Kier alpha value is -2.37. The van der Waals surface area contributed by atoms with E-state index in [1.807, 2.05) is 30.3 Å². The van der Waals surface area contributed by atoms with Gasteiger partial charge in [-0.3, -0.25) is 4.90 Å². The monoisotopic (exact) mass is 381 g/mol. The van der Waals surface area contributed by atoms with Crippen molar-refractivity contribution in [2.75, 3.05) is 11.5 Å². The second kappa shape index (κ2) is 7.71. The van der Waals surface area contributed by atoms with Crippen molar-refractivity contribution in [2.45, 2.75) is 25.6 Å². The Labute approximate surface area is 160 Å². The maximum Gasteiger partial charge on any atom is 0.151 e. The van der Waals surface area contributed by atoms with Crippen molar-refractivity contribution in [3.63, 3.8) is 0 Å². The number of nitrogens with zero attached hydrogens (tertiary/aromatic N) is 1. The van der Waals surface area contributed by atoms with Crippen LogP contribution in [0.1, 0.15) is 17.7 Å². The number of sulfone groups is 1. The van der Waals surface area contributed by atoms with E-state index in [1.165, 1.54) is 16.7 Å². The molecule has 4 rings (SSSR count). The van der Waals surface area contributed by atoms with Crippen LogP contribution in [-0.2, 0) is 22.9 Å². The van der Waals surface area contributed by atoms with Gasteiger partial charge in [-0.25, -0.2) is 8.42 Å².